The third-order valence-corrected chi connectivity index (χ3v) is 2.76. The van der Waals surface area contributed by atoms with Gasteiger partial charge >= 0.3 is 6.29 Å². The highest BCUT2D eigenvalue weighted by Crippen LogP contribution is 2.42. The molecule has 110 valence electrons. The van der Waals surface area contributed by atoms with E-state index in [0.717, 1.165) is 0 Å². The summed E-state index contributed by atoms with van der Waals surface area (Å²) in [6.07, 6.45) is -3.64. The minimum Gasteiger partial charge on any atom is -0.479 e. The van der Waals surface area contributed by atoms with Gasteiger partial charge in [-0.2, -0.15) is 4.98 Å². The Kier molecular flexibility index (Phi) is 2.93. The average molecular weight is 295 g/mol. The van der Waals surface area contributed by atoms with Crippen LogP contribution in [0.4, 0.5) is 26.0 Å². The number of nitrogens with one attached hydrogen (secondary N) is 1. The summed E-state index contributed by atoms with van der Waals surface area (Å²) < 4.78 is 39.6. The van der Waals surface area contributed by atoms with Crippen molar-refractivity contribution in [1.29, 1.82) is 0 Å². The van der Waals surface area contributed by atoms with Gasteiger partial charge in [0.05, 0.1) is 12.8 Å². The standard InChI is InChI=1S/C13H11F2N3O3/c1-19-12-8(16)3-5-11(18-12)17-7-2-4-9-10(6-7)21-13(14,15)20-9/h2-6H,16H2,1H3,(H,17,18). The maximum atomic E-state index is 12.9. The van der Waals surface area contributed by atoms with Gasteiger partial charge in [0.1, 0.15) is 5.82 Å². The number of anilines is 3. The second-order valence-corrected chi connectivity index (χ2v) is 4.25. The molecule has 0 bridgehead atoms. The molecule has 0 saturated carbocycles. The van der Waals surface area contributed by atoms with Crippen molar-refractivity contribution in [1.82, 2.24) is 4.98 Å². The number of alkyl halides is 2. The lowest BCUT2D eigenvalue weighted by molar-refractivity contribution is -0.286. The SMILES string of the molecule is COc1nc(Nc2ccc3c(c2)OC(F)(F)O3)ccc1N. The van der Waals surface area contributed by atoms with Gasteiger partial charge < -0.3 is 25.3 Å². The molecule has 3 N–H and O–H groups in total. The molecule has 0 atom stereocenters. The van der Waals surface area contributed by atoms with Crippen LogP contribution in [0.25, 0.3) is 0 Å². The van der Waals surface area contributed by atoms with Crippen LogP contribution >= 0.6 is 0 Å². The molecule has 0 spiro atoms. The van der Waals surface area contributed by atoms with Gasteiger partial charge in [0.15, 0.2) is 11.5 Å². The van der Waals surface area contributed by atoms with Gasteiger partial charge in [-0.05, 0) is 24.3 Å². The fourth-order valence-electron chi connectivity index (χ4n) is 1.86. The number of nitrogens with zero attached hydrogens (tertiary/aromatic N) is 1. The summed E-state index contributed by atoms with van der Waals surface area (Å²) in [6.45, 7) is 0. The number of rotatable bonds is 3. The second kappa shape index (κ2) is 4.65. The van der Waals surface area contributed by atoms with E-state index in [0.29, 0.717) is 17.2 Å². The van der Waals surface area contributed by atoms with Crippen LogP contribution in [0.15, 0.2) is 30.3 Å². The Morgan fingerprint density at radius 1 is 1.19 bits per heavy atom. The molecule has 0 amide bonds. The summed E-state index contributed by atoms with van der Waals surface area (Å²) in [5, 5.41) is 2.94. The van der Waals surface area contributed by atoms with Crippen LogP contribution in [0.1, 0.15) is 0 Å². The smallest absolute Gasteiger partial charge is 0.479 e. The van der Waals surface area contributed by atoms with Gasteiger partial charge in [0.25, 0.3) is 0 Å². The molecule has 0 unspecified atom stereocenters. The number of methoxy groups -OCH3 is 1. The zero-order valence-electron chi connectivity index (χ0n) is 10.9. The van der Waals surface area contributed by atoms with E-state index in [4.69, 9.17) is 10.5 Å². The zero-order chi connectivity index (χ0) is 15.0. The molecule has 21 heavy (non-hydrogen) atoms. The van der Waals surface area contributed by atoms with E-state index < -0.39 is 6.29 Å². The molecule has 1 aromatic heterocycles. The first-order chi connectivity index (χ1) is 9.97. The monoisotopic (exact) mass is 295 g/mol. The lowest BCUT2D eigenvalue weighted by atomic mass is 10.2. The predicted molar refractivity (Wildman–Crippen MR) is 71.1 cm³/mol. The van der Waals surface area contributed by atoms with Gasteiger partial charge in [-0.15, -0.1) is 8.78 Å². The molecule has 8 heteroatoms. The number of hydrogen-bond acceptors (Lipinski definition) is 6. The third kappa shape index (κ3) is 2.60. The summed E-state index contributed by atoms with van der Waals surface area (Å²) in [5.74, 6) is 0.653. The molecule has 0 saturated heterocycles. The van der Waals surface area contributed by atoms with Crippen LogP contribution < -0.4 is 25.3 Å². The van der Waals surface area contributed by atoms with E-state index in [1.54, 1.807) is 18.2 Å². The first kappa shape index (κ1) is 13.2. The Balaban J connectivity index is 1.84. The maximum absolute atomic E-state index is 12.9. The van der Waals surface area contributed by atoms with Crippen molar-refractivity contribution < 1.29 is 23.0 Å². The van der Waals surface area contributed by atoms with E-state index in [1.165, 1.54) is 19.2 Å². The molecule has 0 aliphatic carbocycles. The molecule has 1 aliphatic rings. The average Bonchev–Trinajstić information content (AvgIpc) is 2.74. The highest BCUT2D eigenvalue weighted by molar-refractivity contribution is 5.64. The molecule has 1 aliphatic heterocycles. The first-order valence-electron chi connectivity index (χ1n) is 5.94. The summed E-state index contributed by atoms with van der Waals surface area (Å²) in [6, 6.07) is 7.59. The quantitative estimate of drug-likeness (QED) is 0.906. The van der Waals surface area contributed by atoms with Gasteiger partial charge in [-0.25, -0.2) is 0 Å². The van der Waals surface area contributed by atoms with E-state index >= 15 is 0 Å². The van der Waals surface area contributed by atoms with Crippen LogP contribution in [-0.2, 0) is 0 Å². The number of aromatic nitrogens is 1. The minimum absolute atomic E-state index is 0.0200. The molecule has 0 radical (unpaired) electrons. The van der Waals surface area contributed by atoms with Crippen molar-refractivity contribution in [3.63, 3.8) is 0 Å². The van der Waals surface area contributed by atoms with E-state index in [2.05, 4.69) is 19.8 Å². The summed E-state index contributed by atoms with van der Waals surface area (Å²) in [5.41, 5.74) is 6.57. The van der Waals surface area contributed by atoms with Crippen LogP contribution in [0.2, 0.25) is 0 Å². The van der Waals surface area contributed by atoms with Crippen LogP contribution in [0, 0.1) is 0 Å². The summed E-state index contributed by atoms with van der Waals surface area (Å²) in [4.78, 5) is 4.13. The van der Waals surface area contributed by atoms with Crippen molar-refractivity contribution in [2.75, 3.05) is 18.2 Å². The molecule has 3 rings (SSSR count). The molecular formula is C13H11F2N3O3. The number of nitrogen functional groups attached to an aromatic ring is 1. The zero-order valence-corrected chi connectivity index (χ0v) is 10.9. The molecule has 2 heterocycles. The molecular weight excluding hydrogens is 284 g/mol. The fraction of sp³-hybridized carbons (Fsp3) is 0.154. The minimum atomic E-state index is -3.64. The van der Waals surface area contributed by atoms with Crippen molar-refractivity contribution in [2.24, 2.45) is 0 Å². The molecule has 6 nitrogen and oxygen atoms in total. The lowest BCUT2D eigenvalue weighted by Crippen LogP contribution is -2.25. The van der Waals surface area contributed by atoms with Crippen LogP contribution in [0.3, 0.4) is 0 Å². The lowest BCUT2D eigenvalue weighted by Gasteiger charge is -2.09. The highest BCUT2D eigenvalue weighted by Gasteiger charge is 2.43. The van der Waals surface area contributed by atoms with Crippen molar-refractivity contribution >= 4 is 17.2 Å². The first-order valence-corrected chi connectivity index (χ1v) is 5.94. The van der Waals surface area contributed by atoms with E-state index in [-0.39, 0.29) is 17.4 Å². The van der Waals surface area contributed by atoms with E-state index in [9.17, 15) is 8.78 Å². The van der Waals surface area contributed by atoms with Crippen LogP contribution in [-0.4, -0.2) is 18.4 Å². The topological polar surface area (TPSA) is 78.6 Å². The Morgan fingerprint density at radius 2 is 1.95 bits per heavy atom. The van der Waals surface area contributed by atoms with Crippen molar-refractivity contribution in [3.8, 4) is 17.4 Å². The number of pyridine rings is 1. The number of ether oxygens (including phenoxy) is 3. The number of nitrogens with two attached hydrogens (primary N) is 1. The molecule has 1 aromatic carbocycles. The maximum Gasteiger partial charge on any atom is 0.586 e. The highest BCUT2D eigenvalue weighted by atomic mass is 19.3. The van der Waals surface area contributed by atoms with Crippen molar-refractivity contribution in [3.05, 3.63) is 30.3 Å². The predicted octanol–water partition coefficient (Wildman–Crippen LogP) is 2.74. The summed E-state index contributed by atoms with van der Waals surface area (Å²) in [7, 11) is 1.45. The Hall–Kier alpha value is -2.77. The van der Waals surface area contributed by atoms with Gasteiger partial charge in [-0.3, -0.25) is 0 Å². The normalized spacial score (nSPS) is 14.8. The fourth-order valence-corrected chi connectivity index (χ4v) is 1.86. The summed E-state index contributed by atoms with van der Waals surface area (Å²) >= 11 is 0. The van der Waals surface area contributed by atoms with E-state index in [1.807, 2.05) is 0 Å². The number of fused-ring (bicyclic) bond motifs is 1. The van der Waals surface area contributed by atoms with Crippen molar-refractivity contribution in [2.45, 2.75) is 6.29 Å². The van der Waals surface area contributed by atoms with Crippen LogP contribution in [0.5, 0.6) is 17.4 Å². The Bertz CT molecular complexity index is 694. The third-order valence-electron chi connectivity index (χ3n) is 2.76. The largest absolute Gasteiger partial charge is 0.586 e. The number of hydrogen-bond donors (Lipinski definition) is 2. The Morgan fingerprint density at radius 3 is 2.71 bits per heavy atom. The number of benzene rings is 1. The van der Waals surface area contributed by atoms with Gasteiger partial charge in [0, 0.05) is 11.8 Å². The Labute approximate surface area is 118 Å². The van der Waals surface area contributed by atoms with Gasteiger partial charge in [0.2, 0.25) is 5.88 Å². The second-order valence-electron chi connectivity index (χ2n) is 4.25. The molecule has 2 aromatic rings. The van der Waals surface area contributed by atoms with Gasteiger partial charge in [-0.1, -0.05) is 0 Å². The molecule has 0 fully saturated rings. The number of halogens is 2.